The minimum atomic E-state index is 0.724. The Morgan fingerprint density at radius 1 is 1.50 bits per heavy atom. The van der Waals surface area contributed by atoms with Crippen molar-refractivity contribution >= 4 is 17.4 Å². The van der Waals surface area contributed by atoms with Crippen molar-refractivity contribution in [1.82, 2.24) is 10.3 Å². The molecule has 0 radical (unpaired) electrons. The molecule has 0 aliphatic heterocycles. The van der Waals surface area contributed by atoms with Gasteiger partial charge in [0, 0.05) is 26.3 Å². The van der Waals surface area contributed by atoms with E-state index in [1.165, 1.54) is 12.8 Å². The summed E-state index contributed by atoms with van der Waals surface area (Å²) in [5.74, 6) is 0.989. The molecule has 0 saturated carbocycles. The van der Waals surface area contributed by atoms with Crippen molar-refractivity contribution in [2.75, 3.05) is 25.5 Å². The second kappa shape index (κ2) is 6.71. The highest BCUT2D eigenvalue weighted by molar-refractivity contribution is 6.31. The van der Waals surface area contributed by atoms with Gasteiger partial charge in [-0.15, -0.1) is 0 Å². The van der Waals surface area contributed by atoms with Crippen molar-refractivity contribution in [3.8, 4) is 0 Å². The molecule has 16 heavy (non-hydrogen) atoms. The lowest BCUT2D eigenvalue weighted by molar-refractivity contribution is 0.756. The highest BCUT2D eigenvalue weighted by Crippen LogP contribution is 2.19. The Hall–Kier alpha value is -0.800. The maximum Gasteiger partial charge on any atom is 0.128 e. The first-order chi connectivity index (χ1) is 7.69. The molecule has 4 heteroatoms. The van der Waals surface area contributed by atoms with Crippen LogP contribution < -0.4 is 10.2 Å². The van der Waals surface area contributed by atoms with Crippen LogP contribution in [0.15, 0.2) is 12.3 Å². The molecule has 0 aliphatic carbocycles. The molecular weight excluding hydrogens is 222 g/mol. The standard InChI is InChI=1S/C12H20ClN3/c1-4-5-6-16(3)12-7-10(8-14-2)11(13)9-15-12/h7,9,14H,4-6,8H2,1-3H3. The molecular formula is C12H20ClN3. The molecule has 1 aromatic heterocycles. The summed E-state index contributed by atoms with van der Waals surface area (Å²) < 4.78 is 0. The average Bonchev–Trinajstić information content (AvgIpc) is 2.29. The van der Waals surface area contributed by atoms with E-state index < -0.39 is 0 Å². The number of unbranched alkanes of at least 4 members (excludes halogenated alkanes) is 1. The smallest absolute Gasteiger partial charge is 0.128 e. The zero-order valence-corrected chi connectivity index (χ0v) is 11.0. The number of hydrogen-bond donors (Lipinski definition) is 1. The van der Waals surface area contributed by atoms with E-state index >= 15 is 0 Å². The maximum atomic E-state index is 6.06. The van der Waals surface area contributed by atoms with Crippen molar-refractivity contribution in [3.63, 3.8) is 0 Å². The molecule has 0 spiro atoms. The van der Waals surface area contributed by atoms with Crippen molar-refractivity contribution < 1.29 is 0 Å². The van der Waals surface area contributed by atoms with Crippen LogP contribution in [0.5, 0.6) is 0 Å². The van der Waals surface area contributed by atoms with Crippen LogP contribution in [0.4, 0.5) is 5.82 Å². The first-order valence-corrected chi connectivity index (χ1v) is 6.07. The van der Waals surface area contributed by atoms with Crippen molar-refractivity contribution in [3.05, 3.63) is 22.8 Å². The molecule has 0 aromatic carbocycles. The summed E-state index contributed by atoms with van der Waals surface area (Å²) in [6.45, 7) is 4.00. The van der Waals surface area contributed by atoms with E-state index in [2.05, 4.69) is 35.2 Å². The van der Waals surface area contributed by atoms with E-state index in [-0.39, 0.29) is 0 Å². The van der Waals surface area contributed by atoms with Gasteiger partial charge in [-0.3, -0.25) is 0 Å². The average molecular weight is 242 g/mol. The SMILES string of the molecule is CCCCN(C)c1cc(CNC)c(Cl)cn1. The fraction of sp³-hybridized carbons (Fsp3) is 0.583. The van der Waals surface area contributed by atoms with E-state index in [4.69, 9.17) is 11.6 Å². The Balaban J connectivity index is 2.76. The lowest BCUT2D eigenvalue weighted by Gasteiger charge is -2.18. The number of nitrogens with one attached hydrogen (secondary N) is 1. The first kappa shape index (κ1) is 13.3. The highest BCUT2D eigenvalue weighted by Gasteiger charge is 2.06. The predicted molar refractivity (Wildman–Crippen MR) is 70.2 cm³/mol. The molecule has 1 aromatic rings. The van der Waals surface area contributed by atoms with Crippen LogP contribution in [0.25, 0.3) is 0 Å². The number of nitrogens with zero attached hydrogens (tertiary/aromatic N) is 2. The van der Waals surface area contributed by atoms with Gasteiger partial charge in [0.15, 0.2) is 0 Å². The quantitative estimate of drug-likeness (QED) is 0.830. The molecule has 1 N–H and O–H groups in total. The summed E-state index contributed by atoms with van der Waals surface area (Å²) in [4.78, 5) is 6.51. The van der Waals surface area contributed by atoms with Crippen LogP contribution in [0, 0.1) is 0 Å². The largest absolute Gasteiger partial charge is 0.360 e. The van der Waals surface area contributed by atoms with Gasteiger partial charge in [-0.25, -0.2) is 4.98 Å². The zero-order valence-electron chi connectivity index (χ0n) is 10.3. The second-order valence-corrected chi connectivity index (χ2v) is 4.35. The van der Waals surface area contributed by atoms with E-state index in [9.17, 15) is 0 Å². The number of anilines is 1. The molecule has 1 heterocycles. The van der Waals surface area contributed by atoms with Gasteiger partial charge in [0.05, 0.1) is 5.02 Å². The molecule has 0 atom stereocenters. The fourth-order valence-electron chi connectivity index (χ4n) is 1.51. The Labute approximate surface area is 103 Å². The topological polar surface area (TPSA) is 28.2 Å². The van der Waals surface area contributed by atoms with E-state index in [1.807, 2.05) is 7.05 Å². The van der Waals surface area contributed by atoms with Gasteiger partial charge in [0.2, 0.25) is 0 Å². The summed E-state index contributed by atoms with van der Waals surface area (Å²) in [5.41, 5.74) is 1.09. The molecule has 1 rings (SSSR count). The molecule has 0 bridgehead atoms. The van der Waals surface area contributed by atoms with Crippen molar-refractivity contribution in [2.45, 2.75) is 26.3 Å². The zero-order chi connectivity index (χ0) is 12.0. The summed E-state index contributed by atoms with van der Waals surface area (Å²) in [6.07, 6.45) is 4.11. The van der Waals surface area contributed by atoms with Crippen LogP contribution in [0.2, 0.25) is 5.02 Å². The fourth-order valence-corrected chi connectivity index (χ4v) is 1.68. The van der Waals surface area contributed by atoms with Crippen molar-refractivity contribution in [1.29, 1.82) is 0 Å². The van der Waals surface area contributed by atoms with E-state index in [1.54, 1.807) is 6.20 Å². The first-order valence-electron chi connectivity index (χ1n) is 5.69. The summed E-state index contributed by atoms with van der Waals surface area (Å²) >= 11 is 6.06. The van der Waals surface area contributed by atoms with Crippen LogP contribution in [-0.2, 0) is 6.54 Å². The van der Waals surface area contributed by atoms with E-state index in [0.29, 0.717) is 0 Å². The molecule has 0 fully saturated rings. The number of halogens is 1. The van der Waals surface area contributed by atoms with Crippen LogP contribution in [0.3, 0.4) is 0 Å². The molecule has 0 amide bonds. The minimum absolute atomic E-state index is 0.724. The molecule has 3 nitrogen and oxygen atoms in total. The molecule has 0 aliphatic rings. The highest BCUT2D eigenvalue weighted by atomic mass is 35.5. The number of hydrogen-bond acceptors (Lipinski definition) is 3. The molecule has 0 unspecified atom stereocenters. The van der Waals surface area contributed by atoms with Gasteiger partial charge in [0.1, 0.15) is 5.82 Å². The summed E-state index contributed by atoms with van der Waals surface area (Å²) in [6, 6.07) is 2.05. The van der Waals surface area contributed by atoms with Gasteiger partial charge in [0.25, 0.3) is 0 Å². The lowest BCUT2D eigenvalue weighted by atomic mass is 10.2. The summed E-state index contributed by atoms with van der Waals surface area (Å²) in [5, 5.41) is 3.83. The van der Waals surface area contributed by atoms with Gasteiger partial charge in [-0.2, -0.15) is 0 Å². The predicted octanol–water partition coefficient (Wildman–Crippen LogP) is 2.69. The van der Waals surface area contributed by atoms with E-state index in [0.717, 1.165) is 29.5 Å². The number of pyridine rings is 1. The third-order valence-corrected chi connectivity index (χ3v) is 2.87. The number of rotatable bonds is 6. The van der Waals surface area contributed by atoms with Crippen LogP contribution in [0.1, 0.15) is 25.3 Å². The van der Waals surface area contributed by atoms with Gasteiger partial charge >= 0.3 is 0 Å². The normalized spacial score (nSPS) is 10.5. The molecule has 0 saturated heterocycles. The Morgan fingerprint density at radius 3 is 2.88 bits per heavy atom. The minimum Gasteiger partial charge on any atom is -0.360 e. The molecule has 90 valence electrons. The van der Waals surface area contributed by atoms with Crippen LogP contribution >= 0.6 is 11.6 Å². The second-order valence-electron chi connectivity index (χ2n) is 3.94. The number of aromatic nitrogens is 1. The van der Waals surface area contributed by atoms with Gasteiger partial charge in [-0.05, 0) is 25.1 Å². The third-order valence-electron chi connectivity index (χ3n) is 2.53. The lowest BCUT2D eigenvalue weighted by Crippen LogP contribution is -2.20. The Bertz CT molecular complexity index is 328. The summed E-state index contributed by atoms with van der Waals surface area (Å²) in [7, 11) is 3.98. The van der Waals surface area contributed by atoms with Crippen LogP contribution in [-0.4, -0.2) is 25.6 Å². The van der Waals surface area contributed by atoms with Gasteiger partial charge < -0.3 is 10.2 Å². The maximum absolute atomic E-state index is 6.06. The Morgan fingerprint density at radius 2 is 2.25 bits per heavy atom. The van der Waals surface area contributed by atoms with Gasteiger partial charge in [-0.1, -0.05) is 24.9 Å². The van der Waals surface area contributed by atoms with Crippen molar-refractivity contribution in [2.24, 2.45) is 0 Å². The Kier molecular flexibility index (Phi) is 5.56. The third kappa shape index (κ3) is 3.65. The monoisotopic (exact) mass is 241 g/mol.